The van der Waals surface area contributed by atoms with Gasteiger partial charge in [0.05, 0.1) is 29.0 Å². The van der Waals surface area contributed by atoms with Crippen molar-refractivity contribution in [2.75, 3.05) is 51.3 Å². The molecule has 1 aromatic carbocycles. The predicted molar refractivity (Wildman–Crippen MR) is 142 cm³/mol. The van der Waals surface area contributed by atoms with Gasteiger partial charge in [-0.3, -0.25) is 14.6 Å². The van der Waals surface area contributed by atoms with E-state index in [1.165, 1.54) is 7.11 Å². The van der Waals surface area contributed by atoms with Crippen molar-refractivity contribution in [3.8, 4) is 0 Å². The Morgan fingerprint density at radius 3 is 2.56 bits per heavy atom. The summed E-state index contributed by atoms with van der Waals surface area (Å²) in [5, 5.41) is 5.01. The van der Waals surface area contributed by atoms with E-state index in [0.29, 0.717) is 40.7 Å². The first kappa shape index (κ1) is 32.0. The molecule has 12 heteroatoms. The Balaban J connectivity index is 0.00000222. The molecule has 7 nitrogen and oxygen atoms in total. The van der Waals surface area contributed by atoms with Crippen LogP contribution < -0.4 is 0 Å². The van der Waals surface area contributed by atoms with E-state index in [1.54, 1.807) is 6.07 Å². The van der Waals surface area contributed by atoms with Crippen molar-refractivity contribution >= 4 is 60.3 Å². The second-order valence-electron chi connectivity index (χ2n) is 8.91. The first-order valence-corrected chi connectivity index (χ1v) is 14.6. The van der Waals surface area contributed by atoms with E-state index in [0.717, 1.165) is 63.2 Å². The van der Waals surface area contributed by atoms with E-state index in [4.69, 9.17) is 56.7 Å². The summed E-state index contributed by atoms with van der Waals surface area (Å²) >= 11 is 23.3. The zero-order valence-electron chi connectivity index (χ0n) is 20.2. The molecular weight excluding hydrogens is 628 g/mol. The first-order chi connectivity index (χ1) is 17.4. The van der Waals surface area contributed by atoms with Gasteiger partial charge in [0.1, 0.15) is 0 Å². The maximum absolute atomic E-state index is 12.9. The second kappa shape index (κ2) is 16.7. The predicted octanol–water partition coefficient (Wildman–Crippen LogP) is 3.67. The molecule has 2 bridgehead atoms. The summed E-state index contributed by atoms with van der Waals surface area (Å²) in [6, 6.07) is 6.20. The second-order valence-corrected chi connectivity index (χ2v) is 10.5. The maximum atomic E-state index is 12.9. The van der Waals surface area contributed by atoms with Crippen LogP contribution in [0.2, 0.25) is 10.0 Å². The summed E-state index contributed by atoms with van der Waals surface area (Å²) in [7, 11) is 1.46. The van der Waals surface area contributed by atoms with Crippen LogP contribution in [0.5, 0.6) is 0 Å². The van der Waals surface area contributed by atoms with Crippen LogP contribution in [-0.4, -0.2) is 85.1 Å². The standard InChI is InChI=1S/C24H35Cl2N3O3S2.O.Tc/c1-32-24(31)23-18(16-3-5-19(25)20(26)13-16)14-17-4-6-21(23)29(17)9-2-8-28(10-12-34)15-22(30)27-7-11-33;;/h3,5,13,17-18,21,23H,2,4,6-12,14-15H2,1H3,(H3,27,30,33,34);;/q;;+3/p-3/t17-,18+,21+,23-;;/m0../s1/i;;1+1. The quantitative estimate of drug-likeness (QED) is 0.249. The summed E-state index contributed by atoms with van der Waals surface area (Å²) in [5.41, 5.74) is 1.04. The van der Waals surface area contributed by atoms with Crippen molar-refractivity contribution in [3.05, 3.63) is 39.1 Å². The van der Waals surface area contributed by atoms with Crippen LogP contribution in [0.25, 0.3) is 5.32 Å². The number of benzene rings is 1. The van der Waals surface area contributed by atoms with Crippen LogP contribution in [0.4, 0.5) is 0 Å². The summed E-state index contributed by atoms with van der Waals surface area (Å²) in [6.07, 6.45) is 3.80. The molecular formula is C24H32Cl2N3O4S2Tc. The molecule has 2 saturated heterocycles. The van der Waals surface area contributed by atoms with E-state index in [9.17, 15) is 9.59 Å². The van der Waals surface area contributed by atoms with E-state index in [-0.39, 0.29) is 36.3 Å². The van der Waals surface area contributed by atoms with E-state index >= 15 is 0 Å². The number of nitrogens with zero attached hydrogens (tertiary/aromatic N) is 3. The molecule has 0 aromatic heterocycles. The number of rotatable bonds is 12. The van der Waals surface area contributed by atoms with Crippen LogP contribution in [0.3, 0.4) is 0 Å². The van der Waals surface area contributed by atoms with Gasteiger partial charge in [-0.05, 0) is 63.0 Å². The SMILES string of the molecule is COC(=O)[C@H]1[C@@H](c2ccc(Cl)c(Cl)c2)C[C@@H]2CC[C@H]1N2CCCN(CC[S-])CC(=O)[N-]CC[S-].[O]=[99Tc+3]. The Bertz CT molecular complexity index is 873. The summed E-state index contributed by atoms with van der Waals surface area (Å²) in [6.45, 7) is 2.98. The third-order valence-electron chi connectivity index (χ3n) is 6.95. The molecule has 0 aliphatic carbocycles. The number of ether oxygens (including phenoxy) is 1. The molecule has 2 aliphatic rings. The Hall–Kier alpha value is -0.191. The van der Waals surface area contributed by atoms with Gasteiger partial charge in [0.2, 0.25) is 0 Å². The third kappa shape index (κ3) is 8.66. The summed E-state index contributed by atoms with van der Waals surface area (Å²) < 4.78 is 13.5. The van der Waals surface area contributed by atoms with Gasteiger partial charge < -0.3 is 40.1 Å². The van der Waals surface area contributed by atoms with Crippen molar-refractivity contribution in [2.24, 2.45) is 5.92 Å². The minimum absolute atomic E-state index is 0.0521. The summed E-state index contributed by atoms with van der Waals surface area (Å²) in [4.78, 5) is 29.5. The molecule has 4 atom stereocenters. The first-order valence-electron chi connectivity index (χ1n) is 11.9. The Labute approximate surface area is 245 Å². The molecule has 0 unspecified atom stereocenters. The van der Waals surface area contributed by atoms with Crippen LogP contribution in [-0.2, 0) is 61.9 Å². The molecule has 36 heavy (non-hydrogen) atoms. The van der Waals surface area contributed by atoms with E-state index < -0.39 is 0 Å². The van der Waals surface area contributed by atoms with Crippen molar-refractivity contribution in [1.29, 1.82) is 0 Å². The number of amides is 1. The Morgan fingerprint density at radius 1 is 1.17 bits per heavy atom. The molecule has 1 amide bonds. The monoisotopic (exact) mass is 659 g/mol. The summed E-state index contributed by atoms with van der Waals surface area (Å²) in [5.74, 6) is 0.517. The normalized spacial score (nSPS) is 23.1. The van der Waals surface area contributed by atoms with Gasteiger partial charge in [-0.15, -0.1) is 0 Å². The molecule has 0 spiro atoms. The number of hydrogen-bond donors (Lipinski definition) is 0. The van der Waals surface area contributed by atoms with Gasteiger partial charge in [-0.1, -0.05) is 29.3 Å². The number of piperidine rings is 1. The Kier molecular flexibility index (Phi) is 14.9. The molecule has 2 aliphatic heterocycles. The van der Waals surface area contributed by atoms with Crippen molar-refractivity contribution < 1.29 is 36.7 Å². The number of methoxy groups -OCH3 is 1. The zero-order chi connectivity index (χ0) is 26.7. The molecule has 0 N–H and O–H groups in total. The van der Waals surface area contributed by atoms with Crippen molar-refractivity contribution in [2.45, 2.75) is 43.7 Å². The van der Waals surface area contributed by atoms with Gasteiger partial charge in [0, 0.05) is 24.5 Å². The molecule has 2 heterocycles. The number of esters is 1. The van der Waals surface area contributed by atoms with Crippen molar-refractivity contribution in [1.82, 2.24) is 9.80 Å². The minimum atomic E-state index is -0.247. The van der Waals surface area contributed by atoms with Crippen LogP contribution in [0.15, 0.2) is 18.2 Å². The van der Waals surface area contributed by atoms with Crippen LogP contribution >= 0.6 is 23.2 Å². The number of halogens is 2. The van der Waals surface area contributed by atoms with Gasteiger partial charge in [0.25, 0.3) is 0 Å². The number of carbonyl (C=O) groups excluding carboxylic acids is 2. The van der Waals surface area contributed by atoms with Gasteiger partial charge in [-0.2, -0.15) is 18.1 Å². The number of carbonyl (C=O) groups is 2. The van der Waals surface area contributed by atoms with E-state index in [1.807, 2.05) is 12.1 Å². The molecule has 0 radical (unpaired) electrons. The van der Waals surface area contributed by atoms with Crippen LogP contribution in [0, 0.1) is 5.92 Å². The molecule has 1 aromatic rings. The molecule has 0 saturated carbocycles. The topological polar surface area (TPSA) is 81.0 Å². The fourth-order valence-corrected chi connectivity index (χ4v) is 6.15. The van der Waals surface area contributed by atoms with Gasteiger partial charge >= 0.3 is 28.3 Å². The molecule has 200 valence electrons. The average molecular weight is 660 g/mol. The fraction of sp³-hybridized carbons (Fsp3) is 0.667. The molecule has 2 fully saturated rings. The van der Waals surface area contributed by atoms with Crippen LogP contribution in [0.1, 0.15) is 37.2 Å². The van der Waals surface area contributed by atoms with Gasteiger partial charge in [-0.25, -0.2) is 0 Å². The fourth-order valence-electron chi connectivity index (χ4n) is 5.49. The van der Waals surface area contributed by atoms with E-state index in [2.05, 4.69) is 15.1 Å². The zero-order valence-corrected chi connectivity index (χ0v) is 25.2. The average Bonchev–Trinajstić information content (AvgIpc) is 3.15. The van der Waals surface area contributed by atoms with Gasteiger partial charge in [0.15, 0.2) is 0 Å². The molecule has 3 rings (SSSR count). The number of hydrogen-bond acceptors (Lipinski definition) is 8. The Morgan fingerprint density at radius 2 is 1.92 bits per heavy atom. The third-order valence-corrected chi connectivity index (χ3v) is 8.05. The number of fused-ring (bicyclic) bond motifs is 2. The van der Waals surface area contributed by atoms with Crippen molar-refractivity contribution in [3.63, 3.8) is 0 Å².